The molecule has 0 radical (unpaired) electrons. The molecule has 6 aliphatic rings. The molecule has 3 heterocycles. The Morgan fingerprint density at radius 2 is 1.53 bits per heavy atom. The smallest absolute Gasteiger partial charge is 0.0331 e. The summed E-state index contributed by atoms with van der Waals surface area (Å²) in [6.45, 7) is 12.3. The van der Waals surface area contributed by atoms with Crippen LogP contribution in [-0.4, -0.2) is 22.5 Å². The Morgan fingerprint density at radius 3 is 1.80 bits per heavy atom. The van der Waals surface area contributed by atoms with E-state index in [1.807, 2.05) is 0 Å². The third-order valence-corrected chi connectivity index (χ3v) is 7.32. The second-order valence-corrected chi connectivity index (χ2v) is 8.10. The predicted octanol–water partition coefficient (Wildman–Crippen LogP) is 2.37. The Bertz CT molecular complexity index is 347. The van der Waals surface area contributed by atoms with Crippen LogP contribution in [0.2, 0.25) is 0 Å². The summed E-state index contributed by atoms with van der Waals surface area (Å²) in [4.78, 5) is 2.91. The van der Waals surface area contributed by atoms with E-state index in [2.05, 4.69) is 39.5 Å². The van der Waals surface area contributed by atoms with Gasteiger partial charge in [0.25, 0.3) is 0 Å². The van der Waals surface area contributed by atoms with Crippen molar-refractivity contribution in [2.24, 2.45) is 34.5 Å². The minimum absolute atomic E-state index is 0.570. The number of hydrogen-bond donors (Lipinski definition) is 0. The monoisotopic (exact) mass is 203 g/mol. The van der Waals surface area contributed by atoms with Gasteiger partial charge in [-0.3, -0.25) is 4.90 Å². The number of rotatable bonds is 1. The molecule has 0 amide bonds. The van der Waals surface area contributed by atoms with Crippen LogP contribution in [0.3, 0.4) is 0 Å². The summed E-state index contributed by atoms with van der Waals surface area (Å²) in [7, 11) is 0. The summed E-state index contributed by atoms with van der Waals surface area (Å²) >= 11 is 0. The Labute approximate surface area is 92.2 Å². The predicted molar refractivity (Wildman–Crippen MR) is 59.3 cm³/mol. The molecule has 6 fully saturated rings. The minimum atomic E-state index is 0.570. The highest BCUT2D eigenvalue weighted by atomic mass is 15.6. The Morgan fingerprint density at radius 1 is 1.00 bits per heavy atom. The summed E-state index contributed by atoms with van der Waals surface area (Å²) < 4.78 is 0. The molecule has 6 rings (SSSR count). The highest BCUT2D eigenvalue weighted by molar-refractivity contribution is 5.61. The summed E-state index contributed by atoms with van der Waals surface area (Å²) in [5.74, 6) is 4.33. The van der Waals surface area contributed by atoms with E-state index in [0.717, 1.165) is 46.7 Å². The zero-order valence-corrected chi connectivity index (χ0v) is 10.4. The van der Waals surface area contributed by atoms with Gasteiger partial charge < -0.3 is 0 Å². The van der Waals surface area contributed by atoms with Crippen LogP contribution in [0.15, 0.2) is 0 Å². The molecule has 0 aromatic heterocycles. The zero-order chi connectivity index (χ0) is 10.5. The molecular formula is C14H21N. The van der Waals surface area contributed by atoms with Gasteiger partial charge in [-0.25, -0.2) is 0 Å². The van der Waals surface area contributed by atoms with E-state index in [-0.39, 0.29) is 0 Å². The molecule has 0 spiro atoms. The fraction of sp³-hybridized carbons (Fsp3) is 1.00. The average molecular weight is 203 g/mol. The Hall–Kier alpha value is -0.0400. The van der Waals surface area contributed by atoms with Gasteiger partial charge in [0, 0.05) is 23.0 Å². The molecule has 15 heavy (non-hydrogen) atoms. The SMILES string of the molecule is CC(C)C12C3C4C1[C@H]1N2[C@@H]3C41C(C)(C)C. The molecule has 1 nitrogen and oxygen atoms in total. The minimum Gasteiger partial charge on any atom is -0.289 e. The van der Waals surface area contributed by atoms with Gasteiger partial charge in [-0.1, -0.05) is 34.6 Å². The quantitative estimate of drug-likeness (QED) is 0.632. The van der Waals surface area contributed by atoms with E-state index in [0.29, 0.717) is 5.41 Å². The van der Waals surface area contributed by atoms with Crippen molar-refractivity contribution in [1.82, 2.24) is 4.90 Å². The number of nitrogens with zero attached hydrogens (tertiary/aromatic N) is 1. The lowest BCUT2D eigenvalue weighted by atomic mass is 9.03. The van der Waals surface area contributed by atoms with Gasteiger partial charge in [-0.2, -0.15) is 0 Å². The van der Waals surface area contributed by atoms with Crippen molar-refractivity contribution < 1.29 is 0 Å². The van der Waals surface area contributed by atoms with Gasteiger partial charge in [-0.15, -0.1) is 0 Å². The molecule has 3 aliphatic heterocycles. The highest BCUT2D eigenvalue weighted by Crippen LogP contribution is 3.03. The molecule has 5 unspecified atom stereocenters. The standard InChI is InChI=1S/C14H21N/c1-6(2)14-8-7-9(14)11-13(7,12(3,4)5)10(8)15(11)14/h6-11H,1-5H3/t7?,8?,9?,10-,11+,13?,14?. The van der Waals surface area contributed by atoms with Gasteiger partial charge in [0.2, 0.25) is 0 Å². The van der Waals surface area contributed by atoms with Crippen LogP contribution >= 0.6 is 0 Å². The molecule has 0 bridgehead atoms. The molecule has 3 saturated carbocycles. The second-order valence-electron chi connectivity index (χ2n) is 8.10. The van der Waals surface area contributed by atoms with Crippen molar-refractivity contribution >= 4 is 0 Å². The lowest BCUT2D eigenvalue weighted by Crippen LogP contribution is -3.23. The van der Waals surface area contributed by atoms with Gasteiger partial charge in [0.1, 0.15) is 0 Å². The van der Waals surface area contributed by atoms with Crippen LogP contribution < -0.4 is 0 Å². The van der Waals surface area contributed by atoms with E-state index in [1.54, 1.807) is 0 Å². The first-order valence-electron chi connectivity index (χ1n) is 6.71. The highest BCUT2D eigenvalue weighted by Gasteiger charge is 3.10. The third-order valence-electron chi connectivity index (χ3n) is 7.32. The van der Waals surface area contributed by atoms with Crippen molar-refractivity contribution in [1.29, 1.82) is 0 Å². The van der Waals surface area contributed by atoms with Gasteiger partial charge in [0.05, 0.1) is 0 Å². The van der Waals surface area contributed by atoms with Crippen LogP contribution in [0, 0.1) is 34.5 Å². The fourth-order valence-electron chi connectivity index (χ4n) is 7.34. The summed E-state index contributed by atoms with van der Waals surface area (Å²) in [6, 6.07) is 2.06. The van der Waals surface area contributed by atoms with E-state index in [4.69, 9.17) is 0 Å². The lowest BCUT2D eigenvalue weighted by Gasteiger charge is -3.14. The maximum Gasteiger partial charge on any atom is 0.0331 e. The van der Waals surface area contributed by atoms with E-state index in [1.165, 1.54) is 0 Å². The van der Waals surface area contributed by atoms with E-state index >= 15 is 0 Å². The van der Waals surface area contributed by atoms with Gasteiger partial charge in [0.15, 0.2) is 0 Å². The van der Waals surface area contributed by atoms with Gasteiger partial charge in [-0.05, 0) is 29.1 Å². The van der Waals surface area contributed by atoms with Crippen molar-refractivity contribution in [2.45, 2.75) is 52.2 Å². The largest absolute Gasteiger partial charge is 0.289 e. The normalized spacial score (nSPS) is 71.2. The maximum absolute atomic E-state index is 2.91. The number of hydrogen-bond acceptors (Lipinski definition) is 1. The number of piperidine rings is 12. The first-order chi connectivity index (χ1) is 6.93. The first-order valence-corrected chi connectivity index (χ1v) is 6.71. The molecule has 0 aromatic rings. The molecule has 1 heteroatoms. The Kier molecular flexibility index (Phi) is 0.835. The van der Waals surface area contributed by atoms with Crippen LogP contribution in [0.4, 0.5) is 0 Å². The van der Waals surface area contributed by atoms with Crippen LogP contribution in [-0.2, 0) is 0 Å². The zero-order valence-electron chi connectivity index (χ0n) is 10.4. The molecule has 7 atom stereocenters. The maximum atomic E-state index is 2.91. The average Bonchev–Trinajstić information content (AvgIpc) is 2.15. The molecule has 3 aliphatic carbocycles. The second kappa shape index (κ2) is 1.54. The summed E-state index contributed by atoms with van der Waals surface area (Å²) in [5.41, 5.74) is 2.10. The molecule has 0 aromatic carbocycles. The van der Waals surface area contributed by atoms with Crippen LogP contribution in [0.5, 0.6) is 0 Å². The lowest BCUT2D eigenvalue weighted by molar-refractivity contribution is -0.658. The van der Waals surface area contributed by atoms with E-state index in [9.17, 15) is 0 Å². The third kappa shape index (κ3) is 0.355. The van der Waals surface area contributed by atoms with Crippen molar-refractivity contribution in [3.05, 3.63) is 0 Å². The van der Waals surface area contributed by atoms with Crippen molar-refractivity contribution in [2.75, 3.05) is 0 Å². The van der Waals surface area contributed by atoms with Crippen LogP contribution in [0.1, 0.15) is 34.6 Å². The van der Waals surface area contributed by atoms with Crippen molar-refractivity contribution in [3.63, 3.8) is 0 Å². The van der Waals surface area contributed by atoms with Gasteiger partial charge >= 0.3 is 0 Å². The van der Waals surface area contributed by atoms with Crippen molar-refractivity contribution in [3.8, 4) is 0 Å². The van der Waals surface area contributed by atoms with E-state index < -0.39 is 0 Å². The topological polar surface area (TPSA) is 3.24 Å². The first kappa shape index (κ1) is 8.11. The summed E-state index contributed by atoms with van der Waals surface area (Å²) in [5, 5.41) is 0. The molecule has 3 saturated heterocycles. The molecule has 0 N–H and O–H groups in total. The summed E-state index contributed by atoms with van der Waals surface area (Å²) in [6.07, 6.45) is 0. The fourth-order valence-corrected chi connectivity index (χ4v) is 7.34. The molecule has 82 valence electrons. The molecular weight excluding hydrogens is 182 g/mol. The Balaban J connectivity index is 1.60. The van der Waals surface area contributed by atoms with Crippen LogP contribution in [0.25, 0.3) is 0 Å².